The molecule has 0 saturated heterocycles. The van der Waals surface area contributed by atoms with Gasteiger partial charge in [-0.25, -0.2) is 0 Å². The molecule has 1 N–H and O–H groups in total. The minimum Gasteiger partial charge on any atom is -0.381 e. The van der Waals surface area contributed by atoms with Gasteiger partial charge in [-0.3, -0.25) is 4.79 Å². The second-order valence-corrected chi connectivity index (χ2v) is 6.06. The fourth-order valence-corrected chi connectivity index (χ4v) is 2.75. The van der Waals surface area contributed by atoms with Gasteiger partial charge in [0.1, 0.15) is 0 Å². The summed E-state index contributed by atoms with van der Waals surface area (Å²) in [4.78, 5) is 12.2. The Morgan fingerprint density at radius 1 is 1.45 bits per heavy atom. The van der Waals surface area contributed by atoms with Crippen molar-refractivity contribution in [2.24, 2.45) is 5.41 Å². The first-order valence-electron chi connectivity index (χ1n) is 7.18. The number of halogens is 1. The molecule has 0 bridgehead atoms. The molecule has 0 radical (unpaired) electrons. The molecule has 1 aromatic carbocycles. The Bertz CT molecular complexity index is 483. The van der Waals surface area contributed by atoms with E-state index in [1.807, 2.05) is 26.0 Å². The van der Waals surface area contributed by atoms with Gasteiger partial charge < -0.3 is 10.1 Å². The number of carbonyl (C=O) groups excluding carboxylic acids is 1. The summed E-state index contributed by atoms with van der Waals surface area (Å²) in [5.74, 6) is -0.0959. The molecule has 0 heterocycles. The van der Waals surface area contributed by atoms with Crippen LogP contribution in [0.2, 0.25) is 5.02 Å². The predicted octanol–water partition coefficient (Wildman–Crippen LogP) is 3.59. The third-order valence-electron chi connectivity index (χ3n) is 4.02. The monoisotopic (exact) mass is 295 g/mol. The molecule has 20 heavy (non-hydrogen) atoms. The van der Waals surface area contributed by atoms with Crippen LogP contribution in [0, 0.1) is 12.3 Å². The fraction of sp³-hybridized carbons (Fsp3) is 0.562. The summed E-state index contributed by atoms with van der Waals surface area (Å²) in [5, 5.41) is 3.52. The number of ether oxygens (including phenoxy) is 1. The molecule has 1 aliphatic rings. The van der Waals surface area contributed by atoms with E-state index in [1.54, 1.807) is 6.07 Å². The van der Waals surface area contributed by atoms with Gasteiger partial charge in [-0.1, -0.05) is 29.7 Å². The molecule has 0 spiro atoms. The van der Waals surface area contributed by atoms with E-state index in [4.69, 9.17) is 16.3 Å². The maximum absolute atomic E-state index is 12.2. The van der Waals surface area contributed by atoms with Gasteiger partial charge >= 0.3 is 0 Å². The first kappa shape index (κ1) is 15.3. The molecule has 2 rings (SSSR count). The molecule has 4 heteroatoms. The topological polar surface area (TPSA) is 38.3 Å². The van der Waals surface area contributed by atoms with Crippen molar-refractivity contribution in [2.75, 3.05) is 19.8 Å². The Labute approximate surface area is 125 Å². The molecule has 1 aliphatic carbocycles. The molecule has 0 aromatic heterocycles. The second-order valence-electron chi connectivity index (χ2n) is 5.66. The standard InChI is InChI=1S/C16H22ClNO2/c1-3-20-11-16(7-4-8-16)10-18-15(19)13-9-12(2)5-6-14(13)17/h5-6,9H,3-4,7-8,10-11H2,1-2H3,(H,18,19). The Kier molecular flexibility index (Phi) is 5.06. The molecule has 3 nitrogen and oxygen atoms in total. The van der Waals surface area contributed by atoms with Gasteiger partial charge in [-0.15, -0.1) is 0 Å². The normalized spacial score (nSPS) is 16.6. The van der Waals surface area contributed by atoms with Crippen molar-refractivity contribution in [1.82, 2.24) is 5.32 Å². The first-order valence-corrected chi connectivity index (χ1v) is 7.56. The van der Waals surface area contributed by atoms with Gasteiger partial charge in [0, 0.05) is 18.6 Å². The molecule has 1 amide bonds. The Morgan fingerprint density at radius 3 is 2.80 bits per heavy atom. The minimum atomic E-state index is -0.0959. The van der Waals surface area contributed by atoms with Crippen LogP contribution in [0.4, 0.5) is 0 Å². The maximum Gasteiger partial charge on any atom is 0.252 e. The average Bonchev–Trinajstić information content (AvgIpc) is 2.39. The lowest BCUT2D eigenvalue weighted by molar-refractivity contribution is -0.000181. The molecule has 0 unspecified atom stereocenters. The van der Waals surface area contributed by atoms with Crippen molar-refractivity contribution < 1.29 is 9.53 Å². The summed E-state index contributed by atoms with van der Waals surface area (Å²) >= 11 is 6.09. The highest BCUT2D eigenvalue weighted by Crippen LogP contribution is 2.40. The summed E-state index contributed by atoms with van der Waals surface area (Å²) in [7, 11) is 0. The van der Waals surface area contributed by atoms with Crippen LogP contribution in [0.5, 0.6) is 0 Å². The molecular weight excluding hydrogens is 274 g/mol. The van der Waals surface area contributed by atoms with E-state index in [1.165, 1.54) is 6.42 Å². The van der Waals surface area contributed by atoms with E-state index < -0.39 is 0 Å². The van der Waals surface area contributed by atoms with Crippen LogP contribution in [-0.4, -0.2) is 25.7 Å². The summed E-state index contributed by atoms with van der Waals surface area (Å²) in [6.07, 6.45) is 3.46. The smallest absolute Gasteiger partial charge is 0.252 e. The SMILES string of the molecule is CCOCC1(CNC(=O)c2cc(C)ccc2Cl)CCC1. The van der Waals surface area contributed by atoms with Gasteiger partial charge in [0.15, 0.2) is 0 Å². The lowest BCUT2D eigenvalue weighted by Gasteiger charge is -2.41. The van der Waals surface area contributed by atoms with Crippen LogP contribution in [0.1, 0.15) is 42.1 Å². The maximum atomic E-state index is 12.2. The summed E-state index contributed by atoms with van der Waals surface area (Å²) < 4.78 is 5.54. The zero-order valence-corrected chi connectivity index (χ0v) is 12.9. The molecular formula is C16H22ClNO2. The summed E-state index contributed by atoms with van der Waals surface area (Å²) in [6.45, 7) is 6.06. The van der Waals surface area contributed by atoms with Gasteiger partial charge in [0.05, 0.1) is 17.2 Å². The number of aryl methyl sites for hydroxylation is 1. The van der Waals surface area contributed by atoms with Crippen LogP contribution < -0.4 is 5.32 Å². The van der Waals surface area contributed by atoms with Gasteiger partial charge in [0.25, 0.3) is 5.91 Å². The highest BCUT2D eigenvalue weighted by molar-refractivity contribution is 6.33. The van der Waals surface area contributed by atoms with Gasteiger partial charge in [-0.05, 0) is 38.8 Å². The van der Waals surface area contributed by atoms with Crippen LogP contribution in [-0.2, 0) is 4.74 Å². The number of rotatable bonds is 6. The van der Waals surface area contributed by atoms with E-state index in [0.717, 1.165) is 31.6 Å². The van der Waals surface area contributed by atoms with Crippen molar-refractivity contribution >= 4 is 17.5 Å². The number of hydrogen-bond donors (Lipinski definition) is 1. The van der Waals surface area contributed by atoms with Crippen molar-refractivity contribution in [2.45, 2.75) is 33.1 Å². The predicted molar refractivity (Wildman–Crippen MR) is 81.3 cm³/mol. The molecule has 1 fully saturated rings. The third kappa shape index (κ3) is 3.53. The number of nitrogens with one attached hydrogen (secondary N) is 1. The molecule has 1 aromatic rings. The van der Waals surface area contributed by atoms with Gasteiger partial charge in [0.2, 0.25) is 0 Å². The summed E-state index contributed by atoms with van der Waals surface area (Å²) in [6, 6.07) is 5.50. The Morgan fingerprint density at radius 2 is 2.20 bits per heavy atom. The number of hydrogen-bond acceptors (Lipinski definition) is 2. The molecule has 0 aliphatic heterocycles. The van der Waals surface area contributed by atoms with E-state index in [-0.39, 0.29) is 11.3 Å². The zero-order chi connectivity index (χ0) is 14.6. The Hall–Kier alpha value is -1.06. The fourth-order valence-electron chi connectivity index (χ4n) is 2.54. The van der Waals surface area contributed by atoms with Crippen molar-refractivity contribution in [3.8, 4) is 0 Å². The van der Waals surface area contributed by atoms with Gasteiger partial charge in [-0.2, -0.15) is 0 Å². The third-order valence-corrected chi connectivity index (χ3v) is 4.35. The van der Waals surface area contributed by atoms with Crippen LogP contribution in [0.15, 0.2) is 18.2 Å². The highest BCUT2D eigenvalue weighted by Gasteiger charge is 2.37. The van der Waals surface area contributed by atoms with Crippen molar-refractivity contribution in [1.29, 1.82) is 0 Å². The van der Waals surface area contributed by atoms with E-state index in [0.29, 0.717) is 17.1 Å². The van der Waals surface area contributed by atoms with Crippen molar-refractivity contribution in [3.05, 3.63) is 34.3 Å². The lowest BCUT2D eigenvalue weighted by atomic mass is 9.69. The summed E-state index contributed by atoms with van der Waals surface area (Å²) in [5.41, 5.74) is 1.71. The van der Waals surface area contributed by atoms with Crippen molar-refractivity contribution in [3.63, 3.8) is 0 Å². The van der Waals surface area contributed by atoms with Crippen LogP contribution >= 0.6 is 11.6 Å². The van der Waals surface area contributed by atoms with E-state index in [2.05, 4.69) is 5.32 Å². The molecule has 110 valence electrons. The Balaban J connectivity index is 1.96. The zero-order valence-electron chi connectivity index (χ0n) is 12.2. The first-order chi connectivity index (χ1) is 9.56. The molecule has 0 atom stereocenters. The second kappa shape index (κ2) is 6.59. The minimum absolute atomic E-state index is 0.0959. The largest absolute Gasteiger partial charge is 0.381 e. The quantitative estimate of drug-likeness (QED) is 0.871. The lowest BCUT2D eigenvalue weighted by Crippen LogP contribution is -2.45. The van der Waals surface area contributed by atoms with E-state index in [9.17, 15) is 4.79 Å². The number of benzene rings is 1. The number of carbonyl (C=O) groups is 1. The van der Waals surface area contributed by atoms with Crippen LogP contribution in [0.3, 0.4) is 0 Å². The average molecular weight is 296 g/mol. The van der Waals surface area contributed by atoms with E-state index >= 15 is 0 Å². The molecule has 1 saturated carbocycles. The van der Waals surface area contributed by atoms with Crippen LogP contribution in [0.25, 0.3) is 0 Å². The highest BCUT2D eigenvalue weighted by atomic mass is 35.5. The number of amides is 1.